The lowest BCUT2D eigenvalue weighted by atomic mass is 10.1. The largest absolute Gasteiger partial charge is 0.453 e. The van der Waals surface area contributed by atoms with Crippen molar-refractivity contribution in [1.29, 1.82) is 0 Å². The van der Waals surface area contributed by atoms with E-state index in [0.717, 1.165) is 28.1 Å². The van der Waals surface area contributed by atoms with Gasteiger partial charge in [0.15, 0.2) is 5.76 Å². The molecule has 33 heavy (non-hydrogen) atoms. The van der Waals surface area contributed by atoms with Gasteiger partial charge in [0.25, 0.3) is 0 Å². The molecule has 5 rings (SSSR count). The average Bonchev–Trinajstić information content (AvgIpc) is 3.52. The minimum atomic E-state index is -0.236. The molecule has 0 fully saturated rings. The normalized spacial score (nSPS) is 11.2. The van der Waals surface area contributed by atoms with Crippen LogP contribution in [0.2, 0.25) is 5.02 Å². The van der Waals surface area contributed by atoms with Crippen molar-refractivity contribution in [1.82, 2.24) is 9.78 Å². The molecular formula is C28H19ClN2O2. The van der Waals surface area contributed by atoms with E-state index in [1.807, 2.05) is 89.7 Å². The van der Waals surface area contributed by atoms with E-state index in [1.54, 1.807) is 24.3 Å². The van der Waals surface area contributed by atoms with Gasteiger partial charge in [-0.05, 0) is 48.6 Å². The van der Waals surface area contributed by atoms with Gasteiger partial charge in [-0.15, -0.1) is 0 Å². The Morgan fingerprint density at radius 2 is 1.55 bits per heavy atom. The van der Waals surface area contributed by atoms with Crippen molar-refractivity contribution in [3.8, 4) is 28.3 Å². The van der Waals surface area contributed by atoms with Crippen molar-refractivity contribution in [2.45, 2.75) is 0 Å². The highest BCUT2D eigenvalue weighted by Crippen LogP contribution is 2.29. The fraction of sp³-hybridized carbons (Fsp3) is 0. The quantitative estimate of drug-likeness (QED) is 0.201. The maximum absolute atomic E-state index is 12.8. The van der Waals surface area contributed by atoms with Crippen molar-refractivity contribution in [3.63, 3.8) is 0 Å². The molecule has 0 bridgehead atoms. The number of benzene rings is 3. The van der Waals surface area contributed by atoms with Crippen LogP contribution in [0.25, 0.3) is 34.3 Å². The fourth-order valence-electron chi connectivity index (χ4n) is 3.57. The van der Waals surface area contributed by atoms with Gasteiger partial charge in [-0.25, -0.2) is 4.68 Å². The Hall–Kier alpha value is -4.15. The Morgan fingerprint density at radius 3 is 2.30 bits per heavy atom. The SMILES string of the molecule is O=C(/C=C/c1cn(-c2ccccc2)nc1-c1ccccc1)c1ccc(-c2ccccc2Cl)o1. The van der Waals surface area contributed by atoms with Gasteiger partial charge in [0.2, 0.25) is 5.78 Å². The second-order valence-corrected chi connectivity index (χ2v) is 7.83. The predicted octanol–water partition coefficient (Wildman–Crippen LogP) is 7.35. The molecule has 0 saturated carbocycles. The summed E-state index contributed by atoms with van der Waals surface area (Å²) in [6.07, 6.45) is 5.20. The first-order valence-corrected chi connectivity index (χ1v) is 10.8. The topological polar surface area (TPSA) is 48.0 Å². The molecule has 0 amide bonds. The molecule has 0 saturated heterocycles. The summed E-state index contributed by atoms with van der Waals surface area (Å²) < 4.78 is 7.60. The summed E-state index contributed by atoms with van der Waals surface area (Å²) in [7, 11) is 0. The standard InChI is InChI=1S/C28H19ClN2O2/c29-24-14-8-7-13-23(24)26-17-18-27(33-26)25(32)16-15-21-19-31(22-11-5-2-6-12-22)30-28(21)20-9-3-1-4-10-20/h1-19H/b16-15+. The first kappa shape index (κ1) is 20.7. The third-order valence-corrected chi connectivity index (χ3v) is 5.54. The van der Waals surface area contributed by atoms with Crippen LogP contribution in [0.15, 0.2) is 114 Å². The highest BCUT2D eigenvalue weighted by molar-refractivity contribution is 6.33. The van der Waals surface area contributed by atoms with E-state index in [9.17, 15) is 4.79 Å². The van der Waals surface area contributed by atoms with Gasteiger partial charge in [0.05, 0.1) is 16.4 Å². The van der Waals surface area contributed by atoms with Gasteiger partial charge in [-0.1, -0.05) is 72.3 Å². The molecule has 0 aliphatic rings. The second kappa shape index (κ2) is 9.15. The summed E-state index contributed by atoms with van der Waals surface area (Å²) in [6.45, 7) is 0. The van der Waals surface area contributed by atoms with E-state index in [-0.39, 0.29) is 11.5 Å². The number of allylic oxidation sites excluding steroid dienone is 1. The number of halogens is 1. The molecule has 2 aromatic heterocycles. The van der Waals surface area contributed by atoms with Gasteiger partial charge in [0.1, 0.15) is 5.76 Å². The van der Waals surface area contributed by atoms with Crippen LogP contribution in [0, 0.1) is 0 Å². The third kappa shape index (κ3) is 4.43. The number of nitrogens with zero attached hydrogens (tertiary/aromatic N) is 2. The van der Waals surface area contributed by atoms with Crippen molar-refractivity contribution in [2.24, 2.45) is 0 Å². The zero-order valence-electron chi connectivity index (χ0n) is 17.6. The number of hydrogen-bond donors (Lipinski definition) is 0. The fourth-order valence-corrected chi connectivity index (χ4v) is 3.80. The van der Waals surface area contributed by atoms with E-state index in [4.69, 9.17) is 21.1 Å². The van der Waals surface area contributed by atoms with Gasteiger partial charge < -0.3 is 4.42 Å². The molecule has 0 N–H and O–H groups in total. The third-order valence-electron chi connectivity index (χ3n) is 5.21. The van der Waals surface area contributed by atoms with Crippen LogP contribution in [0.3, 0.4) is 0 Å². The zero-order chi connectivity index (χ0) is 22.6. The number of carbonyl (C=O) groups excluding carboxylic acids is 1. The molecule has 5 aromatic rings. The molecule has 2 heterocycles. The lowest BCUT2D eigenvalue weighted by molar-refractivity contribution is 0.102. The van der Waals surface area contributed by atoms with Gasteiger partial charge in [-0.3, -0.25) is 4.79 Å². The minimum Gasteiger partial charge on any atom is -0.453 e. The van der Waals surface area contributed by atoms with Crippen molar-refractivity contribution in [3.05, 3.63) is 126 Å². The number of carbonyl (C=O) groups is 1. The number of para-hydroxylation sites is 1. The van der Waals surface area contributed by atoms with Crippen LogP contribution in [0.5, 0.6) is 0 Å². The molecule has 0 unspecified atom stereocenters. The van der Waals surface area contributed by atoms with E-state index < -0.39 is 0 Å². The second-order valence-electron chi connectivity index (χ2n) is 7.42. The van der Waals surface area contributed by atoms with Crippen LogP contribution in [-0.2, 0) is 0 Å². The molecule has 0 aliphatic carbocycles. The number of rotatable bonds is 6. The lowest BCUT2D eigenvalue weighted by Crippen LogP contribution is -1.93. The Morgan fingerprint density at radius 1 is 0.848 bits per heavy atom. The van der Waals surface area contributed by atoms with E-state index in [0.29, 0.717) is 10.8 Å². The first-order valence-electron chi connectivity index (χ1n) is 10.5. The van der Waals surface area contributed by atoms with Crippen LogP contribution in [-0.4, -0.2) is 15.6 Å². The molecule has 3 aromatic carbocycles. The summed E-state index contributed by atoms with van der Waals surface area (Å²) >= 11 is 6.25. The van der Waals surface area contributed by atoms with Crippen LogP contribution >= 0.6 is 11.6 Å². The molecule has 160 valence electrons. The smallest absolute Gasteiger partial charge is 0.221 e. The molecule has 4 nitrogen and oxygen atoms in total. The van der Waals surface area contributed by atoms with Crippen LogP contribution in [0.4, 0.5) is 0 Å². The van der Waals surface area contributed by atoms with E-state index >= 15 is 0 Å². The molecule has 0 radical (unpaired) electrons. The number of hydrogen-bond acceptors (Lipinski definition) is 3. The lowest BCUT2D eigenvalue weighted by Gasteiger charge is -2.00. The summed E-state index contributed by atoms with van der Waals surface area (Å²) in [5.41, 5.74) is 4.28. The minimum absolute atomic E-state index is 0.236. The monoisotopic (exact) mass is 450 g/mol. The number of furan rings is 1. The molecule has 0 atom stereocenters. The average molecular weight is 451 g/mol. The predicted molar refractivity (Wildman–Crippen MR) is 132 cm³/mol. The summed E-state index contributed by atoms with van der Waals surface area (Å²) in [4.78, 5) is 12.8. The Kier molecular flexibility index (Phi) is 5.75. The van der Waals surface area contributed by atoms with Gasteiger partial charge >= 0.3 is 0 Å². The van der Waals surface area contributed by atoms with Crippen molar-refractivity contribution < 1.29 is 9.21 Å². The highest BCUT2D eigenvalue weighted by Gasteiger charge is 2.14. The molecule has 5 heteroatoms. The maximum atomic E-state index is 12.8. The Bertz CT molecular complexity index is 1430. The van der Waals surface area contributed by atoms with Gasteiger partial charge in [-0.2, -0.15) is 5.10 Å². The van der Waals surface area contributed by atoms with Gasteiger partial charge in [0, 0.05) is 22.9 Å². The van der Waals surface area contributed by atoms with E-state index in [1.165, 1.54) is 6.08 Å². The highest BCUT2D eigenvalue weighted by atomic mass is 35.5. The number of aromatic nitrogens is 2. The maximum Gasteiger partial charge on any atom is 0.221 e. The first-order chi connectivity index (χ1) is 16.2. The zero-order valence-corrected chi connectivity index (χ0v) is 18.3. The van der Waals surface area contributed by atoms with Crippen molar-refractivity contribution >= 4 is 23.5 Å². The van der Waals surface area contributed by atoms with Crippen molar-refractivity contribution in [2.75, 3.05) is 0 Å². The Balaban J connectivity index is 1.46. The molecule has 0 spiro atoms. The summed E-state index contributed by atoms with van der Waals surface area (Å²) in [6, 6.07) is 30.5. The van der Waals surface area contributed by atoms with Crippen LogP contribution in [0.1, 0.15) is 16.1 Å². The Labute approximate surface area is 196 Å². The number of ketones is 1. The molecular weight excluding hydrogens is 432 g/mol. The summed E-state index contributed by atoms with van der Waals surface area (Å²) in [5, 5.41) is 5.34. The van der Waals surface area contributed by atoms with E-state index in [2.05, 4.69) is 0 Å². The molecule has 0 aliphatic heterocycles. The van der Waals surface area contributed by atoms with Crippen LogP contribution < -0.4 is 0 Å². The summed E-state index contributed by atoms with van der Waals surface area (Å²) in [5.74, 6) is 0.567.